The molecule has 0 unspecified atom stereocenters. The minimum absolute atomic E-state index is 0.525. The highest BCUT2D eigenvalue weighted by Gasteiger charge is 2.22. The molecule has 7 aromatic carbocycles. The molecule has 0 saturated carbocycles. The van der Waals surface area contributed by atoms with Crippen LogP contribution in [0.1, 0.15) is 16.7 Å². The maximum absolute atomic E-state index is 10.9. The summed E-state index contributed by atoms with van der Waals surface area (Å²) in [6.45, 7) is 0. The molecule has 9 rings (SSSR count). The Hall–Kier alpha value is -7.39. The molecule has 0 fully saturated rings. The smallest absolute Gasteiger partial charge is 0.102 e. The van der Waals surface area contributed by atoms with Gasteiger partial charge in [-0.05, 0) is 71.8 Å². The third-order valence-electron chi connectivity index (χ3n) is 9.65. The van der Waals surface area contributed by atoms with Crippen LogP contribution in [0, 0.1) is 34.0 Å². The molecule has 50 heavy (non-hydrogen) atoms. The van der Waals surface area contributed by atoms with Gasteiger partial charge in [0.1, 0.15) is 6.07 Å². The molecule has 0 saturated heterocycles. The molecule has 230 valence electrons. The summed E-state index contributed by atoms with van der Waals surface area (Å²) in [7, 11) is 0. The van der Waals surface area contributed by atoms with E-state index in [4.69, 9.17) is 0 Å². The number of hydrogen-bond donors (Lipinski definition) is 0. The molecule has 0 aliphatic rings. The molecule has 0 aliphatic heterocycles. The van der Waals surface area contributed by atoms with Crippen LogP contribution in [0.5, 0.6) is 0 Å². The van der Waals surface area contributed by atoms with Crippen LogP contribution < -0.4 is 0 Å². The second-order valence-corrected chi connectivity index (χ2v) is 12.3. The fourth-order valence-corrected chi connectivity index (χ4v) is 7.52. The minimum atomic E-state index is 0.525. The quantitative estimate of drug-likeness (QED) is 0.193. The summed E-state index contributed by atoms with van der Waals surface area (Å²) in [5, 5.41) is 35.0. The molecule has 0 N–H and O–H groups in total. The van der Waals surface area contributed by atoms with E-state index in [2.05, 4.69) is 75.9 Å². The Kier molecular flexibility index (Phi) is 6.56. The molecule has 2 heterocycles. The van der Waals surface area contributed by atoms with E-state index in [1.54, 1.807) is 0 Å². The zero-order valence-electron chi connectivity index (χ0n) is 26.7. The highest BCUT2D eigenvalue weighted by Crippen LogP contribution is 2.42. The first-order valence-corrected chi connectivity index (χ1v) is 16.3. The lowest BCUT2D eigenvalue weighted by Crippen LogP contribution is -2.01. The predicted molar refractivity (Wildman–Crippen MR) is 200 cm³/mol. The molecule has 0 spiro atoms. The maximum Gasteiger partial charge on any atom is 0.102 e. The minimum Gasteiger partial charge on any atom is -0.309 e. The van der Waals surface area contributed by atoms with Crippen LogP contribution in [0.4, 0.5) is 0 Å². The van der Waals surface area contributed by atoms with E-state index in [9.17, 15) is 15.8 Å². The maximum atomic E-state index is 10.9. The zero-order valence-corrected chi connectivity index (χ0v) is 26.7. The molecule has 0 amide bonds. The van der Waals surface area contributed by atoms with Crippen molar-refractivity contribution in [1.82, 2.24) is 9.13 Å². The largest absolute Gasteiger partial charge is 0.309 e. The van der Waals surface area contributed by atoms with Gasteiger partial charge in [0, 0.05) is 32.7 Å². The summed E-state index contributed by atoms with van der Waals surface area (Å²) in [6, 6.07) is 57.6. The van der Waals surface area contributed by atoms with Crippen LogP contribution >= 0.6 is 0 Å². The van der Waals surface area contributed by atoms with Gasteiger partial charge in [0.15, 0.2) is 0 Å². The van der Waals surface area contributed by atoms with E-state index in [0.29, 0.717) is 16.7 Å². The summed E-state index contributed by atoms with van der Waals surface area (Å²) >= 11 is 0. The van der Waals surface area contributed by atoms with Crippen molar-refractivity contribution in [2.24, 2.45) is 0 Å². The van der Waals surface area contributed by atoms with Crippen molar-refractivity contribution in [3.05, 3.63) is 168 Å². The van der Waals surface area contributed by atoms with E-state index < -0.39 is 0 Å². The van der Waals surface area contributed by atoms with Crippen LogP contribution in [-0.4, -0.2) is 9.13 Å². The molecule has 5 heteroatoms. The van der Waals surface area contributed by atoms with Crippen molar-refractivity contribution >= 4 is 43.6 Å². The van der Waals surface area contributed by atoms with Gasteiger partial charge in [-0.2, -0.15) is 15.8 Å². The van der Waals surface area contributed by atoms with Gasteiger partial charge in [0.25, 0.3) is 0 Å². The molecule has 5 nitrogen and oxygen atoms in total. The van der Waals surface area contributed by atoms with Crippen LogP contribution in [0.25, 0.3) is 77.2 Å². The van der Waals surface area contributed by atoms with Crippen LogP contribution in [-0.2, 0) is 0 Å². The first-order valence-electron chi connectivity index (χ1n) is 16.3. The number of nitrogens with zero attached hydrogens (tertiary/aromatic N) is 5. The molecule has 2 aromatic heterocycles. The number of aromatic nitrogens is 2. The van der Waals surface area contributed by atoms with E-state index in [1.807, 2.05) is 103 Å². The Bertz CT molecular complexity index is 2920. The lowest BCUT2D eigenvalue weighted by atomic mass is 9.89. The van der Waals surface area contributed by atoms with E-state index in [-0.39, 0.29) is 0 Å². The van der Waals surface area contributed by atoms with Crippen LogP contribution in [0.2, 0.25) is 0 Å². The number of hydrogen-bond acceptors (Lipinski definition) is 3. The van der Waals surface area contributed by atoms with Crippen LogP contribution in [0.3, 0.4) is 0 Å². The molecule has 0 aliphatic carbocycles. The summed E-state index contributed by atoms with van der Waals surface area (Å²) < 4.78 is 4.40. The zero-order chi connectivity index (χ0) is 33.8. The third kappa shape index (κ3) is 4.24. The Labute approximate surface area is 287 Å². The molecule has 9 aromatic rings. The van der Waals surface area contributed by atoms with Gasteiger partial charge in [-0.25, -0.2) is 0 Å². The Morgan fingerprint density at radius 3 is 1.50 bits per heavy atom. The summed E-state index contributed by atoms with van der Waals surface area (Å²) in [6.07, 6.45) is 0. The standard InChI is InChI=1S/C45H25N5/c46-26-29-20-22-32(31-14-9-19-44(39(31)28-48)49-40-15-5-1-10-33(40)34-11-2-6-16-41(34)49)37(24-29)35-12-3-7-17-42(35)50-43-18-8-4-13-36(43)38-25-30(27-47)21-23-45(38)50/h1-25H. The first-order chi connectivity index (χ1) is 24.7. The van der Waals surface area contributed by atoms with Crippen molar-refractivity contribution in [1.29, 1.82) is 15.8 Å². The lowest BCUT2D eigenvalue weighted by molar-refractivity contribution is 1.17. The lowest BCUT2D eigenvalue weighted by Gasteiger charge is -2.19. The highest BCUT2D eigenvalue weighted by atomic mass is 15.0. The van der Waals surface area contributed by atoms with Crippen LogP contribution in [0.15, 0.2) is 152 Å². The van der Waals surface area contributed by atoms with Gasteiger partial charge in [-0.1, -0.05) is 91.0 Å². The summed E-state index contributed by atoms with van der Waals surface area (Å²) in [4.78, 5) is 0. The Balaban J connectivity index is 1.33. The number of para-hydroxylation sites is 4. The Morgan fingerprint density at radius 2 is 0.840 bits per heavy atom. The fourth-order valence-electron chi connectivity index (χ4n) is 7.52. The normalized spacial score (nSPS) is 11.1. The number of nitriles is 3. The van der Waals surface area contributed by atoms with E-state index in [1.165, 1.54) is 0 Å². The van der Waals surface area contributed by atoms with Gasteiger partial charge in [0.05, 0.1) is 62.3 Å². The number of benzene rings is 7. The average Bonchev–Trinajstić information content (AvgIpc) is 3.69. The van der Waals surface area contributed by atoms with Gasteiger partial charge >= 0.3 is 0 Å². The second kappa shape index (κ2) is 11.4. The van der Waals surface area contributed by atoms with Crippen molar-refractivity contribution < 1.29 is 0 Å². The Morgan fingerprint density at radius 1 is 0.340 bits per heavy atom. The SMILES string of the molecule is N#Cc1ccc(-c2cccc(-n3c4ccccc4c4ccccc43)c2C#N)c(-c2ccccc2-n2c3ccccc3c3cc(C#N)ccc32)c1. The van der Waals surface area contributed by atoms with Gasteiger partial charge < -0.3 is 9.13 Å². The number of rotatable bonds is 4. The first kappa shape index (κ1) is 28.8. The molecule has 0 radical (unpaired) electrons. The van der Waals surface area contributed by atoms with Crippen molar-refractivity contribution in [3.8, 4) is 51.8 Å². The average molecular weight is 636 g/mol. The molecular weight excluding hydrogens is 611 g/mol. The van der Waals surface area contributed by atoms with Gasteiger partial charge in [-0.3, -0.25) is 0 Å². The predicted octanol–water partition coefficient (Wildman–Crippen LogP) is 10.8. The van der Waals surface area contributed by atoms with Gasteiger partial charge in [-0.15, -0.1) is 0 Å². The highest BCUT2D eigenvalue weighted by molar-refractivity contribution is 6.11. The summed E-state index contributed by atoms with van der Waals surface area (Å²) in [5.41, 5.74) is 10.8. The van der Waals surface area contributed by atoms with E-state index >= 15 is 0 Å². The van der Waals surface area contributed by atoms with Crippen molar-refractivity contribution in [2.45, 2.75) is 0 Å². The molecule has 0 atom stereocenters. The molecular formula is C45H25N5. The topological polar surface area (TPSA) is 81.2 Å². The second-order valence-electron chi connectivity index (χ2n) is 12.3. The van der Waals surface area contributed by atoms with Crippen molar-refractivity contribution in [2.75, 3.05) is 0 Å². The monoisotopic (exact) mass is 635 g/mol. The van der Waals surface area contributed by atoms with Crippen molar-refractivity contribution in [3.63, 3.8) is 0 Å². The summed E-state index contributed by atoms with van der Waals surface area (Å²) in [5.74, 6) is 0. The number of fused-ring (bicyclic) bond motifs is 6. The molecule has 0 bridgehead atoms. The third-order valence-corrected chi connectivity index (χ3v) is 9.65. The fraction of sp³-hybridized carbons (Fsp3) is 0. The van der Waals surface area contributed by atoms with E-state index in [0.717, 1.165) is 77.2 Å². The van der Waals surface area contributed by atoms with Gasteiger partial charge in [0.2, 0.25) is 0 Å².